The van der Waals surface area contributed by atoms with Gasteiger partial charge in [-0.3, -0.25) is 14.5 Å². The van der Waals surface area contributed by atoms with Gasteiger partial charge in [0.25, 0.3) is 0 Å². The minimum atomic E-state index is -0.705. The lowest BCUT2D eigenvalue weighted by atomic mass is 9.95. The fourth-order valence-corrected chi connectivity index (χ4v) is 4.94. The molecule has 2 aromatic carbocycles. The van der Waals surface area contributed by atoms with E-state index in [4.69, 9.17) is 4.74 Å². The zero-order valence-corrected chi connectivity index (χ0v) is 17.7. The molecule has 0 saturated heterocycles. The normalized spacial score (nSPS) is 19.3. The van der Waals surface area contributed by atoms with Gasteiger partial charge < -0.3 is 14.6 Å². The Morgan fingerprint density at radius 2 is 1.77 bits per heavy atom. The van der Waals surface area contributed by atoms with Gasteiger partial charge in [-0.2, -0.15) is 0 Å². The van der Waals surface area contributed by atoms with Crippen molar-refractivity contribution in [1.29, 1.82) is 0 Å². The maximum atomic E-state index is 13.6. The van der Waals surface area contributed by atoms with Crippen molar-refractivity contribution in [1.82, 2.24) is 9.88 Å². The largest absolute Gasteiger partial charge is 0.497 e. The highest BCUT2D eigenvalue weighted by Gasteiger charge is 2.40. The number of anilines is 1. The molecule has 1 aromatic heterocycles. The number of carbonyl (C=O) groups is 2. The summed E-state index contributed by atoms with van der Waals surface area (Å²) in [6, 6.07) is 16.8. The lowest BCUT2D eigenvalue weighted by molar-refractivity contribution is -0.128. The first-order valence-electron chi connectivity index (χ1n) is 11.0. The zero-order valence-electron chi connectivity index (χ0n) is 17.7. The van der Waals surface area contributed by atoms with Crippen molar-refractivity contribution in [3.05, 3.63) is 60.3 Å². The Labute approximate surface area is 181 Å². The molecule has 160 valence electrons. The van der Waals surface area contributed by atoms with Crippen LogP contribution >= 0.6 is 0 Å². The van der Waals surface area contributed by atoms with Crippen LogP contribution in [0.3, 0.4) is 0 Å². The van der Waals surface area contributed by atoms with Gasteiger partial charge >= 0.3 is 0 Å². The quantitative estimate of drug-likeness (QED) is 0.692. The second-order valence-electron chi connectivity index (χ2n) is 8.42. The van der Waals surface area contributed by atoms with Crippen molar-refractivity contribution in [2.45, 2.75) is 50.7 Å². The molecule has 2 aliphatic rings. The van der Waals surface area contributed by atoms with Gasteiger partial charge in [0.05, 0.1) is 12.8 Å². The highest BCUT2D eigenvalue weighted by Crippen LogP contribution is 2.36. The summed E-state index contributed by atoms with van der Waals surface area (Å²) in [5.74, 6) is 0.508. The minimum absolute atomic E-state index is 0.0946. The molecule has 1 unspecified atom stereocenters. The zero-order chi connectivity index (χ0) is 21.4. The number of para-hydroxylation sites is 1. The highest BCUT2D eigenvalue weighted by molar-refractivity contribution is 6.04. The average molecular weight is 418 g/mol. The summed E-state index contributed by atoms with van der Waals surface area (Å²) in [7, 11) is 1.61. The number of amides is 2. The Bertz CT molecular complexity index is 1110. The Morgan fingerprint density at radius 3 is 2.52 bits per heavy atom. The second-order valence-corrected chi connectivity index (χ2v) is 8.42. The van der Waals surface area contributed by atoms with Crippen LogP contribution in [0.5, 0.6) is 5.75 Å². The van der Waals surface area contributed by atoms with Crippen LogP contribution in [0.25, 0.3) is 10.9 Å². The first kappa shape index (κ1) is 19.7. The molecule has 2 heterocycles. The number of aromatic nitrogens is 1. The third-order valence-electron chi connectivity index (χ3n) is 6.49. The second kappa shape index (κ2) is 8.10. The SMILES string of the molecule is COc1ccc(N2C(=O)Cn3c(cc4ccccc43)C2C(=O)NC2CCCCC2)cc1. The Morgan fingerprint density at radius 1 is 1.03 bits per heavy atom. The van der Waals surface area contributed by atoms with Gasteiger partial charge in [-0.25, -0.2) is 0 Å². The molecular formula is C25H27N3O3. The van der Waals surface area contributed by atoms with Crippen LogP contribution in [0.2, 0.25) is 0 Å². The van der Waals surface area contributed by atoms with Crippen LogP contribution in [-0.2, 0) is 16.1 Å². The van der Waals surface area contributed by atoms with Crippen LogP contribution in [0.4, 0.5) is 5.69 Å². The molecule has 6 heteroatoms. The van der Waals surface area contributed by atoms with Crippen molar-refractivity contribution in [3.8, 4) is 5.75 Å². The molecule has 2 amide bonds. The first-order valence-corrected chi connectivity index (χ1v) is 11.0. The van der Waals surface area contributed by atoms with Crippen molar-refractivity contribution in [3.63, 3.8) is 0 Å². The first-order chi connectivity index (χ1) is 15.2. The van der Waals surface area contributed by atoms with E-state index in [-0.39, 0.29) is 24.4 Å². The van der Waals surface area contributed by atoms with Gasteiger partial charge in [-0.15, -0.1) is 0 Å². The van der Waals surface area contributed by atoms with E-state index in [9.17, 15) is 9.59 Å². The highest BCUT2D eigenvalue weighted by atomic mass is 16.5. The van der Waals surface area contributed by atoms with Gasteiger partial charge in [-0.05, 0) is 54.6 Å². The van der Waals surface area contributed by atoms with Gasteiger partial charge in [0.15, 0.2) is 6.04 Å². The fraction of sp³-hybridized carbons (Fsp3) is 0.360. The van der Waals surface area contributed by atoms with E-state index < -0.39 is 6.04 Å². The maximum absolute atomic E-state index is 13.6. The molecule has 1 aliphatic heterocycles. The molecule has 1 aliphatic carbocycles. The van der Waals surface area contributed by atoms with Crippen molar-refractivity contribution in [2.24, 2.45) is 0 Å². The Kier molecular flexibility index (Phi) is 5.14. The Hall–Kier alpha value is -3.28. The summed E-state index contributed by atoms with van der Waals surface area (Å²) in [5.41, 5.74) is 2.53. The molecule has 1 saturated carbocycles. The summed E-state index contributed by atoms with van der Waals surface area (Å²) < 4.78 is 7.26. The summed E-state index contributed by atoms with van der Waals surface area (Å²) in [6.07, 6.45) is 5.49. The maximum Gasteiger partial charge on any atom is 0.249 e. The number of hydrogen-bond acceptors (Lipinski definition) is 3. The van der Waals surface area contributed by atoms with Crippen molar-refractivity contribution < 1.29 is 14.3 Å². The predicted octanol–water partition coefficient (Wildman–Crippen LogP) is 4.19. The van der Waals surface area contributed by atoms with E-state index in [2.05, 4.69) is 5.32 Å². The molecule has 0 spiro atoms. The number of carbonyl (C=O) groups excluding carboxylic acids is 2. The van der Waals surface area contributed by atoms with Crippen LogP contribution in [0, 0.1) is 0 Å². The van der Waals surface area contributed by atoms with Gasteiger partial charge in [0.2, 0.25) is 11.8 Å². The van der Waals surface area contributed by atoms with Gasteiger partial charge in [0, 0.05) is 17.2 Å². The number of benzene rings is 2. The number of nitrogens with zero attached hydrogens (tertiary/aromatic N) is 2. The minimum Gasteiger partial charge on any atom is -0.497 e. The van der Waals surface area contributed by atoms with E-state index >= 15 is 0 Å². The van der Waals surface area contributed by atoms with E-state index in [0.717, 1.165) is 42.3 Å². The third-order valence-corrected chi connectivity index (χ3v) is 6.49. The molecule has 5 rings (SSSR count). The lowest BCUT2D eigenvalue weighted by Crippen LogP contribution is -2.51. The number of fused-ring (bicyclic) bond motifs is 3. The average Bonchev–Trinajstić information content (AvgIpc) is 3.17. The van der Waals surface area contributed by atoms with Crippen molar-refractivity contribution in [2.75, 3.05) is 12.0 Å². The van der Waals surface area contributed by atoms with Crippen molar-refractivity contribution >= 4 is 28.4 Å². The molecule has 0 radical (unpaired) electrons. The summed E-state index contributed by atoms with van der Waals surface area (Å²) in [5, 5.41) is 4.29. The predicted molar refractivity (Wildman–Crippen MR) is 120 cm³/mol. The molecule has 31 heavy (non-hydrogen) atoms. The van der Waals surface area contributed by atoms with Crippen LogP contribution < -0.4 is 15.0 Å². The molecule has 1 N–H and O–H groups in total. The van der Waals surface area contributed by atoms with Gasteiger partial charge in [0.1, 0.15) is 12.3 Å². The number of nitrogens with one attached hydrogen (secondary N) is 1. The molecule has 0 bridgehead atoms. The Balaban J connectivity index is 1.58. The molecule has 3 aromatic rings. The van der Waals surface area contributed by atoms with Crippen LogP contribution in [0.15, 0.2) is 54.6 Å². The summed E-state index contributed by atoms with van der Waals surface area (Å²) >= 11 is 0. The third kappa shape index (κ3) is 3.56. The summed E-state index contributed by atoms with van der Waals surface area (Å²) in [6.45, 7) is 0.210. The number of hydrogen-bond donors (Lipinski definition) is 1. The van der Waals surface area contributed by atoms with E-state index in [1.807, 2.05) is 59.2 Å². The fourth-order valence-electron chi connectivity index (χ4n) is 4.94. The van der Waals surface area contributed by atoms with E-state index in [1.165, 1.54) is 6.42 Å². The summed E-state index contributed by atoms with van der Waals surface area (Å²) in [4.78, 5) is 28.6. The molecule has 1 fully saturated rings. The topological polar surface area (TPSA) is 63.6 Å². The monoisotopic (exact) mass is 417 g/mol. The van der Waals surface area contributed by atoms with Gasteiger partial charge in [-0.1, -0.05) is 37.5 Å². The van der Waals surface area contributed by atoms with E-state index in [0.29, 0.717) is 11.4 Å². The number of rotatable bonds is 4. The smallest absolute Gasteiger partial charge is 0.249 e. The molecule has 6 nitrogen and oxygen atoms in total. The lowest BCUT2D eigenvalue weighted by Gasteiger charge is -2.37. The molecule has 1 atom stereocenters. The van der Waals surface area contributed by atoms with E-state index in [1.54, 1.807) is 12.0 Å². The standard InChI is InChI=1S/C25H27N3O3/c1-31-20-13-11-19(12-14-20)28-23(29)16-27-21-10-6-5-7-17(21)15-22(27)24(28)25(30)26-18-8-3-2-4-9-18/h5-7,10-15,18,24H,2-4,8-9,16H2,1H3,(H,26,30). The van der Waals surface area contributed by atoms with Crippen LogP contribution in [-0.4, -0.2) is 29.5 Å². The van der Waals surface area contributed by atoms with Crippen LogP contribution in [0.1, 0.15) is 43.8 Å². The number of methoxy groups -OCH3 is 1. The molecular weight excluding hydrogens is 390 g/mol. The number of ether oxygens (including phenoxy) is 1.